The van der Waals surface area contributed by atoms with E-state index in [4.69, 9.17) is 0 Å². The number of thioether (sulfide) groups is 1. The third-order valence-corrected chi connectivity index (χ3v) is 3.30. The van der Waals surface area contributed by atoms with E-state index < -0.39 is 0 Å². The van der Waals surface area contributed by atoms with Crippen molar-refractivity contribution in [3.8, 4) is 0 Å². The second-order valence-electron chi connectivity index (χ2n) is 4.56. The Morgan fingerprint density at radius 2 is 2.00 bits per heavy atom. The van der Waals surface area contributed by atoms with Crippen LogP contribution in [0.1, 0.15) is 24.6 Å². The molecule has 1 aromatic heterocycles. The summed E-state index contributed by atoms with van der Waals surface area (Å²) in [5.41, 5.74) is 2.36. The fourth-order valence-electron chi connectivity index (χ4n) is 1.85. The minimum absolute atomic E-state index is 0.847. The summed E-state index contributed by atoms with van der Waals surface area (Å²) >= 11 is 1.59. The minimum Gasteiger partial charge on any atom is -0.370 e. The van der Waals surface area contributed by atoms with Crippen LogP contribution in [0.4, 0.5) is 5.82 Å². The minimum atomic E-state index is 0.847. The van der Waals surface area contributed by atoms with Gasteiger partial charge < -0.3 is 10.2 Å². The van der Waals surface area contributed by atoms with E-state index in [0.29, 0.717) is 0 Å². The molecule has 0 aliphatic heterocycles. The molecule has 18 heavy (non-hydrogen) atoms. The predicted molar refractivity (Wildman–Crippen MR) is 79.6 cm³/mol. The Balaban J connectivity index is 2.86. The summed E-state index contributed by atoms with van der Waals surface area (Å²) in [7, 11) is 4.21. The maximum atomic E-state index is 4.57. The van der Waals surface area contributed by atoms with Gasteiger partial charge in [-0.1, -0.05) is 11.8 Å². The van der Waals surface area contributed by atoms with Gasteiger partial charge in [0.25, 0.3) is 0 Å². The van der Waals surface area contributed by atoms with E-state index in [9.17, 15) is 0 Å². The quantitative estimate of drug-likeness (QED) is 0.607. The molecule has 0 spiro atoms. The summed E-state index contributed by atoms with van der Waals surface area (Å²) < 4.78 is 0. The van der Waals surface area contributed by atoms with Gasteiger partial charge >= 0.3 is 0 Å². The maximum Gasteiger partial charge on any atom is 0.189 e. The van der Waals surface area contributed by atoms with Crippen LogP contribution in [0.2, 0.25) is 0 Å². The first-order valence-corrected chi connectivity index (χ1v) is 7.61. The molecule has 0 radical (unpaired) electrons. The molecule has 102 valence electrons. The molecule has 1 rings (SSSR count). The summed E-state index contributed by atoms with van der Waals surface area (Å²) in [6, 6.07) is 0. The van der Waals surface area contributed by atoms with Crippen molar-refractivity contribution in [1.82, 2.24) is 14.9 Å². The molecule has 0 aromatic carbocycles. The highest BCUT2D eigenvalue weighted by molar-refractivity contribution is 7.98. The van der Waals surface area contributed by atoms with Crippen molar-refractivity contribution < 1.29 is 0 Å². The predicted octanol–water partition coefficient (Wildman–Crippen LogP) is 2.43. The molecule has 0 bridgehead atoms. The second kappa shape index (κ2) is 7.59. The SMILES string of the molecule is CCNc1nc(SC)nc(C)c1CCCN(C)C. The number of aromatic nitrogens is 2. The summed E-state index contributed by atoms with van der Waals surface area (Å²) in [4.78, 5) is 11.3. The Morgan fingerprint density at radius 3 is 2.56 bits per heavy atom. The van der Waals surface area contributed by atoms with Crippen LogP contribution >= 0.6 is 11.8 Å². The van der Waals surface area contributed by atoms with Gasteiger partial charge in [0, 0.05) is 17.8 Å². The third kappa shape index (κ3) is 4.46. The number of nitrogens with zero attached hydrogens (tertiary/aromatic N) is 3. The second-order valence-corrected chi connectivity index (χ2v) is 5.33. The largest absolute Gasteiger partial charge is 0.370 e. The first-order chi connectivity index (χ1) is 8.58. The van der Waals surface area contributed by atoms with E-state index in [1.807, 2.05) is 6.26 Å². The first-order valence-electron chi connectivity index (χ1n) is 6.38. The molecule has 0 unspecified atom stereocenters. The lowest BCUT2D eigenvalue weighted by molar-refractivity contribution is 0.400. The van der Waals surface area contributed by atoms with Gasteiger partial charge in [0.1, 0.15) is 5.82 Å². The van der Waals surface area contributed by atoms with Gasteiger partial charge in [0.05, 0.1) is 0 Å². The van der Waals surface area contributed by atoms with Crippen molar-refractivity contribution >= 4 is 17.6 Å². The molecule has 0 amide bonds. The Morgan fingerprint density at radius 1 is 1.28 bits per heavy atom. The monoisotopic (exact) mass is 268 g/mol. The van der Waals surface area contributed by atoms with Crippen molar-refractivity contribution in [2.75, 3.05) is 38.8 Å². The molecule has 0 atom stereocenters. The Bertz CT molecular complexity index is 379. The van der Waals surface area contributed by atoms with Crippen LogP contribution in [0.25, 0.3) is 0 Å². The summed E-state index contributed by atoms with van der Waals surface area (Å²) in [5, 5.41) is 4.20. The fourth-order valence-corrected chi connectivity index (χ4v) is 2.26. The number of aryl methyl sites for hydroxylation is 1. The summed E-state index contributed by atoms with van der Waals surface area (Å²) in [6.07, 6.45) is 4.17. The summed E-state index contributed by atoms with van der Waals surface area (Å²) in [5.74, 6) is 1.01. The fraction of sp³-hybridized carbons (Fsp3) is 0.692. The number of rotatable bonds is 7. The molecule has 0 aliphatic carbocycles. The van der Waals surface area contributed by atoms with Gasteiger partial charge in [-0.2, -0.15) is 0 Å². The average molecular weight is 268 g/mol. The Hall–Kier alpha value is -0.810. The van der Waals surface area contributed by atoms with Crippen LogP contribution in [0, 0.1) is 6.92 Å². The van der Waals surface area contributed by atoms with Gasteiger partial charge in [-0.25, -0.2) is 9.97 Å². The van der Waals surface area contributed by atoms with Crippen molar-refractivity contribution in [3.63, 3.8) is 0 Å². The van der Waals surface area contributed by atoms with Crippen LogP contribution in [0.5, 0.6) is 0 Å². The van der Waals surface area contributed by atoms with E-state index in [-0.39, 0.29) is 0 Å². The van der Waals surface area contributed by atoms with Gasteiger partial charge in [-0.15, -0.1) is 0 Å². The highest BCUT2D eigenvalue weighted by atomic mass is 32.2. The Labute approximate surface area is 115 Å². The van der Waals surface area contributed by atoms with E-state index >= 15 is 0 Å². The number of hydrogen-bond donors (Lipinski definition) is 1. The van der Waals surface area contributed by atoms with Gasteiger partial charge in [0.2, 0.25) is 0 Å². The molecular formula is C13H24N4S. The average Bonchev–Trinajstić information content (AvgIpc) is 2.32. The van der Waals surface area contributed by atoms with Crippen LogP contribution in [0.15, 0.2) is 5.16 Å². The van der Waals surface area contributed by atoms with Crippen LogP contribution in [-0.2, 0) is 6.42 Å². The zero-order chi connectivity index (χ0) is 13.5. The smallest absolute Gasteiger partial charge is 0.189 e. The highest BCUT2D eigenvalue weighted by Crippen LogP contribution is 2.21. The van der Waals surface area contributed by atoms with Crippen molar-refractivity contribution in [2.45, 2.75) is 31.8 Å². The van der Waals surface area contributed by atoms with Crippen molar-refractivity contribution in [2.24, 2.45) is 0 Å². The molecule has 0 saturated heterocycles. The zero-order valence-electron chi connectivity index (χ0n) is 12.1. The van der Waals surface area contributed by atoms with E-state index in [1.165, 1.54) is 5.56 Å². The van der Waals surface area contributed by atoms with E-state index in [2.05, 4.69) is 48.1 Å². The normalized spacial score (nSPS) is 11.0. The standard InChI is InChI=1S/C13H24N4S/c1-6-14-12-11(8-7-9-17(3)4)10(2)15-13(16-12)18-5/h6-9H2,1-5H3,(H,14,15,16). The molecular weight excluding hydrogens is 244 g/mol. The zero-order valence-corrected chi connectivity index (χ0v) is 12.9. The van der Waals surface area contributed by atoms with Gasteiger partial charge in [0.15, 0.2) is 5.16 Å². The van der Waals surface area contributed by atoms with E-state index in [1.54, 1.807) is 11.8 Å². The maximum absolute atomic E-state index is 4.57. The number of anilines is 1. The van der Waals surface area contributed by atoms with Gasteiger partial charge in [-0.05, 0) is 53.6 Å². The molecule has 0 fully saturated rings. The molecule has 0 aliphatic rings. The van der Waals surface area contributed by atoms with Crippen LogP contribution in [-0.4, -0.2) is 48.3 Å². The Kier molecular flexibility index (Phi) is 6.43. The summed E-state index contributed by atoms with van der Waals surface area (Å²) in [6.45, 7) is 6.16. The van der Waals surface area contributed by atoms with Crippen LogP contribution < -0.4 is 5.32 Å². The highest BCUT2D eigenvalue weighted by Gasteiger charge is 2.10. The number of nitrogens with one attached hydrogen (secondary N) is 1. The van der Waals surface area contributed by atoms with Gasteiger partial charge in [-0.3, -0.25) is 0 Å². The van der Waals surface area contributed by atoms with Crippen molar-refractivity contribution in [3.05, 3.63) is 11.3 Å². The molecule has 0 saturated carbocycles. The lowest BCUT2D eigenvalue weighted by Crippen LogP contribution is -2.15. The number of hydrogen-bond acceptors (Lipinski definition) is 5. The molecule has 1 aromatic rings. The lowest BCUT2D eigenvalue weighted by atomic mass is 10.1. The van der Waals surface area contributed by atoms with E-state index in [0.717, 1.165) is 42.6 Å². The van der Waals surface area contributed by atoms with Crippen molar-refractivity contribution in [1.29, 1.82) is 0 Å². The molecule has 5 heteroatoms. The lowest BCUT2D eigenvalue weighted by Gasteiger charge is -2.14. The van der Waals surface area contributed by atoms with Crippen LogP contribution in [0.3, 0.4) is 0 Å². The topological polar surface area (TPSA) is 41.1 Å². The molecule has 1 heterocycles. The third-order valence-electron chi connectivity index (χ3n) is 2.75. The first kappa shape index (κ1) is 15.2. The molecule has 1 N–H and O–H groups in total. The molecule has 4 nitrogen and oxygen atoms in total.